The van der Waals surface area contributed by atoms with Gasteiger partial charge in [0.15, 0.2) is 0 Å². The van der Waals surface area contributed by atoms with E-state index in [1.165, 1.54) is 30.7 Å². The number of hydrogen-bond donors (Lipinski definition) is 0. The summed E-state index contributed by atoms with van der Waals surface area (Å²) in [5.74, 6) is -0.219. The minimum absolute atomic E-state index is 0.219. The lowest BCUT2D eigenvalue weighted by Crippen LogP contribution is -2.47. The molecule has 0 fully saturated rings. The highest BCUT2D eigenvalue weighted by molar-refractivity contribution is 7.85. The maximum absolute atomic E-state index is 9.83. The normalized spacial score (nSPS) is 11.9. The largest absolute Gasteiger partial charge is 0.748 e. The smallest absolute Gasteiger partial charge is 0.0945 e. The van der Waals surface area contributed by atoms with E-state index in [2.05, 4.69) is 27.7 Å². The van der Waals surface area contributed by atoms with Gasteiger partial charge in [0.25, 0.3) is 0 Å². The molecule has 0 N–H and O–H groups in total. The first-order valence-corrected chi connectivity index (χ1v) is 8.17. The lowest BCUT2D eigenvalue weighted by atomic mass is 10.3. The van der Waals surface area contributed by atoms with Crippen LogP contribution in [0.15, 0.2) is 0 Å². The minimum Gasteiger partial charge on any atom is -0.748 e. The zero-order chi connectivity index (χ0) is 13.9. The summed E-state index contributed by atoms with van der Waals surface area (Å²) >= 11 is 0. The second-order valence-corrected chi connectivity index (χ2v) is 5.75. The van der Waals surface area contributed by atoms with Crippen molar-refractivity contribution < 1.29 is 17.5 Å². The van der Waals surface area contributed by atoms with Gasteiger partial charge in [0, 0.05) is 5.75 Å². The Kier molecular flexibility index (Phi) is 11.1. The van der Waals surface area contributed by atoms with Gasteiger partial charge in [0.2, 0.25) is 0 Å². The third-order valence-corrected chi connectivity index (χ3v) is 4.22. The maximum atomic E-state index is 9.83. The van der Waals surface area contributed by atoms with Crippen molar-refractivity contribution in [2.75, 3.05) is 31.9 Å². The quantitative estimate of drug-likeness (QED) is 0.525. The molecule has 0 aromatic heterocycles. The Morgan fingerprint density at radius 3 is 1.29 bits per heavy atom. The molecular weight excluding hydrogens is 238 g/mol. The van der Waals surface area contributed by atoms with Gasteiger partial charge in [-0.2, -0.15) is 0 Å². The van der Waals surface area contributed by atoms with Crippen molar-refractivity contribution in [2.45, 2.75) is 47.5 Å². The molecule has 0 rings (SSSR count). The molecule has 0 saturated carbocycles. The summed E-state index contributed by atoms with van der Waals surface area (Å²) in [6.45, 7) is 16.1. The van der Waals surface area contributed by atoms with Crippen LogP contribution in [-0.4, -0.2) is 49.4 Å². The van der Waals surface area contributed by atoms with Crippen molar-refractivity contribution in [3.8, 4) is 0 Å². The molecule has 4 nitrogen and oxygen atoms in total. The Hall–Kier alpha value is -0.130. The lowest BCUT2D eigenvalue weighted by molar-refractivity contribution is -0.921. The van der Waals surface area contributed by atoms with E-state index in [4.69, 9.17) is 0 Å². The van der Waals surface area contributed by atoms with E-state index in [1.54, 1.807) is 0 Å². The molecule has 0 amide bonds. The fourth-order valence-electron chi connectivity index (χ4n) is 1.66. The summed E-state index contributed by atoms with van der Waals surface area (Å²) in [5, 5.41) is 0. The first-order valence-electron chi connectivity index (χ1n) is 6.59. The van der Waals surface area contributed by atoms with E-state index in [0.29, 0.717) is 6.42 Å². The van der Waals surface area contributed by atoms with Crippen LogP contribution >= 0.6 is 0 Å². The molecule has 0 atom stereocenters. The third-order valence-electron chi connectivity index (χ3n) is 3.43. The predicted octanol–water partition coefficient (Wildman–Crippen LogP) is 2.21. The van der Waals surface area contributed by atoms with E-state index in [-0.39, 0.29) is 5.75 Å². The highest BCUT2D eigenvalue weighted by Gasteiger charge is 2.16. The molecule has 0 aliphatic carbocycles. The van der Waals surface area contributed by atoms with Gasteiger partial charge in [0.1, 0.15) is 0 Å². The molecule has 0 spiro atoms. The van der Waals surface area contributed by atoms with Crippen molar-refractivity contribution in [1.29, 1.82) is 0 Å². The Balaban J connectivity index is 0. The zero-order valence-corrected chi connectivity index (χ0v) is 12.8. The highest BCUT2D eigenvalue weighted by Crippen LogP contribution is 2.03. The monoisotopic (exact) mass is 267 g/mol. The van der Waals surface area contributed by atoms with E-state index in [0.717, 1.165) is 6.42 Å². The molecule has 17 heavy (non-hydrogen) atoms. The van der Waals surface area contributed by atoms with Gasteiger partial charge in [-0.3, -0.25) is 0 Å². The second-order valence-electron chi connectivity index (χ2n) is 4.22. The topological polar surface area (TPSA) is 57.2 Å². The molecule has 0 saturated heterocycles. The average Bonchev–Trinajstić information content (AvgIpc) is 2.30. The van der Waals surface area contributed by atoms with Gasteiger partial charge >= 0.3 is 0 Å². The van der Waals surface area contributed by atoms with Crippen molar-refractivity contribution in [1.82, 2.24) is 0 Å². The zero-order valence-electron chi connectivity index (χ0n) is 12.0. The fourth-order valence-corrected chi connectivity index (χ4v) is 2.30. The van der Waals surface area contributed by atoms with Gasteiger partial charge in [-0.05, 0) is 34.1 Å². The molecule has 5 heteroatoms. The van der Waals surface area contributed by atoms with Gasteiger partial charge in [-0.1, -0.05) is 13.3 Å². The van der Waals surface area contributed by atoms with E-state index in [1.807, 2.05) is 6.92 Å². The molecular formula is C12H29NO3S. The minimum atomic E-state index is -3.94. The van der Waals surface area contributed by atoms with Crippen LogP contribution in [0.25, 0.3) is 0 Å². The molecule has 0 radical (unpaired) electrons. The SMILES string of the molecule is CCCCS(=O)(=O)[O-].CC[N+](CC)(CC)CC. The molecule has 0 aliphatic heterocycles. The Morgan fingerprint density at radius 2 is 1.24 bits per heavy atom. The first-order chi connectivity index (χ1) is 7.80. The summed E-state index contributed by atoms with van der Waals surface area (Å²) < 4.78 is 30.8. The number of quaternary nitrogens is 1. The van der Waals surface area contributed by atoms with Gasteiger partial charge in [-0.15, -0.1) is 0 Å². The molecule has 0 unspecified atom stereocenters. The molecule has 0 bridgehead atoms. The fraction of sp³-hybridized carbons (Fsp3) is 1.00. The summed E-state index contributed by atoms with van der Waals surface area (Å²) in [5.41, 5.74) is 0. The average molecular weight is 267 g/mol. The molecule has 0 aliphatic rings. The van der Waals surface area contributed by atoms with Gasteiger partial charge in [0.05, 0.1) is 36.3 Å². The van der Waals surface area contributed by atoms with Crippen LogP contribution in [0.2, 0.25) is 0 Å². The van der Waals surface area contributed by atoms with E-state index in [9.17, 15) is 13.0 Å². The van der Waals surface area contributed by atoms with Gasteiger partial charge in [-0.25, -0.2) is 8.42 Å². The first kappa shape index (κ1) is 19.2. The molecule has 0 heterocycles. The number of unbranched alkanes of at least 4 members (excludes halogenated alkanes) is 1. The number of hydrogen-bond acceptors (Lipinski definition) is 3. The number of rotatable bonds is 7. The molecule has 0 aromatic carbocycles. The predicted molar refractivity (Wildman–Crippen MR) is 71.9 cm³/mol. The van der Waals surface area contributed by atoms with Crippen molar-refractivity contribution >= 4 is 10.1 Å². The van der Waals surface area contributed by atoms with Crippen LogP contribution < -0.4 is 0 Å². The summed E-state index contributed by atoms with van der Waals surface area (Å²) in [6, 6.07) is 0. The van der Waals surface area contributed by atoms with Crippen molar-refractivity contribution in [2.24, 2.45) is 0 Å². The number of nitrogens with zero attached hydrogens (tertiary/aromatic N) is 1. The second kappa shape index (κ2) is 9.85. The van der Waals surface area contributed by atoms with Crippen LogP contribution in [0, 0.1) is 0 Å². The Morgan fingerprint density at radius 1 is 0.882 bits per heavy atom. The van der Waals surface area contributed by atoms with Gasteiger partial charge < -0.3 is 9.04 Å². The third kappa shape index (κ3) is 10.7. The molecule has 0 aromatic rings. The Bertz CT molecular complexity index is 241. The van der Waals surface area contributed by atoms with Crippen LogP contribution in [-0.2, 0) is 10.1 Å². The molecule has 106 valence electrons. The van der Waals surface area contributed by atoms with Crippen LogP contribution in [0.3, 0.4) is 0 Å². The van der Waals surface area contributed by atoms with Crippen molar-refractivity contribution in [3.63, 3.8) is 0 Å². The van der Waals surface area contributed by atoms with E-state index < -0.39 is 10.1 Å². The lowest BCUT2D eigenvalue weighted by Gasteiger charge is -2.34. The van der Waals surface area contributed by atoms with Crippen LogP contribution in [0.1, 0.15) is 47.5 Å². The van der Waals surface area contributed by atoms with E-state index >= 15 is 0 Å². The Labute approximate surface area is 107 Å². The standard InChI is InChI=1S/C8H20N.C4H10O3S/c1-5-9(6-2,7-3)8-4;1-2-3-4-8(5,6)7/h5-8H2,1-4H3;2-4H2,1H3,(H,5,6,7)/q+1;/p-1. The summed E-state index contributed by atoms with van der Waals surface area (Å²) in [7, 11) is -3.94. The maximum Gasteiger partial charge on any atom is 0.0945 e. The summed E-state index contributed by atoms with van der Waals surface area (Å²) in [4.78, 5) is 0. The summed E-state index contributed by atoms with van der Waals surface area (Å²) in [6.07, 6.45) is 1.23. The highest BCUT2D eigenvalue weighted by atomic mass is 32.2. The van der Waals surface area contributed by atoms with Crippen LogP contribution in [0.4, 0.5) is 0 Å². The van der Waals surface area contributed by atoms with Crippen LogP contribution in [0.5, 0.6) is 0 Å². The van der Waals surface area contributed by atoms with Crippen molar-refractivity contribution in [3.05, 3.63) is 0 Å².